The summed E-state index contributed by atoms with van der Waals surface area (Å²) in [6.45, 7) is 9.04. The molecule has 0 bridgehead atoms. The highest BCUT2D eigenvalue weighted by atomic mass is 32.1. The van der Waals surface area contributed by atoms with Gasteiger partial charge in [-0.2, -0.15) is 0 Å². The van der Waals surface area contributed by atoms with E-state index in [1.165, 1.54) is 10.1 Å². The number of nitrogens with zero attached hydrogens (tertiary/aromatic N) is 2. The highest BCUT2D eigenvalue weighted by Crippen LogP contribution is 2.29. The molecule has 7 heteroatoms. The number of aliphatic hydroxyl groups excluding tert-OH is 1. The zero-order chi connectivity index (χ0) is 19.6. The average molecular weight is 405 g/mol. The number of ether oxygens (including phenoxy) is 1. The zero-order valence-corrected chi connectivity index (χ0v) is 17.5. The number of aliphatic imine (C=N–C) groups is 1. The molecule has 1 aliphatic rings. The summed E-state index contributed by atoms with van der Waals surface area (Å²) in [7, 11) is 0. The lowest BCUT2D eigenvalue weighted by molar-refractivity contribution is 0.0372. The Morgan fingerprint density at radius 3 is 2.86 bits per heavy atom. The number of hydrogen-bond acceptors (Lipinski definition) is 5. The molecule has 0 saturated carbocycles. The van der Waals surface area contributed by atoms with E-state index in [9.17, 15) is 5.11 Å². The molecule has 2 aromatic rings. The first kappa shape index (κ1) is 21.0. The summed E-state index contributed by atoms with van der Waals surface area (Å²) < 4.78 is 6.58. The van der Waals surface area contributed by atoms with Crippen LogP contribution in [0.4, 0.5) is 0 Å². The highest BCUT2D eigenvalue weighted by Gasteiger charge is 2.12. The van der Waals surface area contributed by atoms with Gasteiger partial charge in [0, 0.05) is 35.8 Å². The summed E-state index contributed by atoms with van der Waals surface area (Å²) >= 11 is 1.63. The highest BCUT2D eigenvalue weighted by molar-refractivity contribution is 7.19. The van der Waals surface area contributed by atoms with E-state index in [1.54, 1.807) is 11.3 Å². The summed E-state index contributed by atoms with van der Waals surface area (Å²) in [6, 6.07) is 10.3. The molecular formula is C21H32N4O2S. The second-order valence-corrected chi connectivity index (χ2v) is 8.13. The van der Waals surface area contributed by atoms with Gasteiger partial charge in [0.15, 0.2) is 5.96 Å². The maximum absolute atomic E-state index is 10.5. The lowest BCUT2D eigenvalue weighted by atomic mass is 10.2. The molecule has 28 heavy (non-hydrogen) atoms. The Kier molecular flexibility index (Phi) is 8.54. The van der Waals surface area contributed by atoms with Crippen LogP contribution in [-0.2, 0) is 4.74 Å². The summed E-state index contributed by atoms with van der Waals surface area (Å²) in [5, 5.41) is 18.3. The number of morpholine rings is 1. The van der Waals surface area contributed by atoms with Gasteiger partial charge < -0.3 is 20.5 Å². The molecule has 1 aromatic carbocycles. The van der Waals surface area contributed by atoms with Crippen molar-refractivity contribution >= 4 is 27.4 Å². The maximum Gasteiger partial charge on any atom is 0.191 e. The van der Waals surface area contributed by atoms with Gasteiger partial charge in [0.25, 0.3) is 0 Å². The van der Waals surface area contributed by atoms with Crippen molar-refractivity contribution in [1.29, 1.82) is 0 Å². The lowest BCUT2D eigenvalue weighted by Crippen LogP contribution is -2.39. The Balaban J connectivity index is 1.42. The third kappa shape index (κ3) is 6.44. The van der Waals surface area contributed by atoms with Crippen molar-refractivity contribution in [2.45, 2.75) is 25.9 Å². The van der Waals surface area contributed by atoms with Crippen LogP contribution >= 0.6 is 11.3 Å². The van der Waals surface area contributed by atoms with Crippen LogP contribution < -0.4 is 10.6 Å². The van der Waals surface area contributed by atoms with Gasteiger partial charge >= 0.3 is 0 Å². The Labute approximate surface area is 171 Å². The minimum absolute atomic E-state index is 0.357. The number of aliphatic hydroxyl groups is 1. The second-order valence-electron chi connectivity index (χ2n) is 7.01. The number of unbranched alkanes of at least 4 members (excludes halogenated alkanes) is 1. The molecular weight excluding hydrogens is 372 g/mol. The molecule has 154 valence electrons. The van der Waals surface area contributed by atoms with Gasteiger partial charge in [-0.3, -0.25) is 9.89 Å². The van der Waals surface area contributed by atoms with Crippen molar-refractivity contribution in [2.24, 2.45) is 4.99 Å². The number of hydrogen-bond donors (Lipinski definition) is 3. The molecule has 1 atom stereocenters. The van der Waals surface area contributed by atoms with Crippen LogP contribution in [0.3, 0.4) is 0 Å². The molecule has 1 unspecified atom stereocenters. The third-order valence-corrected chi connectivity index (χ3v) is 6.05. The topological polar surface area (TPSA) is 69.1 Å². The molecule has 1 saturated heterocycles. The molecule has 1 aromatic heterocycles. The van der Waals surface area contributed by atoms with Crippen LogP contribution in [0.25, 0.3) is 10.1 Å². The predicted octanol–water partition coefficient (Wildman–Crippen LogP) is 2.60. The quantitative estimate of drug-likeness (QED) is 0.341. The summed E-state index contributed by atoms with van der Waals surface area (Å²) in [5.41, 5.74) is 0. The van der Waals surface area contributed by atoms with Gasteiger partial charge in [0.1, 0.15) is 6.10 Å². The smallest absolute Gasteiger partial charge is 0.191 e. The number of guanidine groups is 1. The van der Waals surface area contributed by atoms with Gasteiger partial charge in [0.05, 0.1) is 19.8 Å². The Morgan fingerprint density at radius 2 is 2.07 bits per heavy atom. The van der Waals surface area contributed by atoms with Gasteiger partial charge in [-0.25, -0.2) is 0 Å². The molecule has 6 nitrogen and oxygen atoms in total. The van der Waals surface area contributed by atoms with Crippen molar-refractivity contribution in [3.05, 3.63) is 35.2 Å². The van der Waals surface area contributed by atoms with E-state index in [1.807, 2.05) is 12.1 Å². The zero-order valence-electron chi connectivity index (χ0n) is 16.7. The van der Waals surface area contributed by atoms with Crippen LogP contribution in [0.5, 0.6) is 0 Å². The summed E-state index contributed by atoms with van der Waals surface area (Å²) in [5.74, 6) is 0.772. The van der Waals surface area contributed by atoms with Crippen LogP contribution in [0.2, 0.25) is 0 Å². The maximum atomic E-state index is 10.5. The molecule has 3 rings (SSSR count). The summed E-state index contributed by atoms with van der Waals surface area (Å²) in [6.07, 6.45) is 1.69. The fraction of sp³-hybridized carbons (Fsp3) is 0.571. The molecule has 1 aliphatic heterocycles. The molecule has 0 aliphatic carbocycles. The van der Waals surface area contributed by atoms with E-state index in [0.717, 1.165) is 69.6 Å². The van der Waals surface area contributed by atoms with Crippen LogP contribution in [0.15, 0.2) is 35.3 Å². The Bertz CT molecular complexity index is 710. The van der Waals surface area contributed by atoms with Gasteiger partial charge in [-0.05, 0) is 43.8 Å². The van der Waals surface area contributed by atoms with Crippen molar-refractivity contribution in [3.8, 4) is 0 Å². The number of rotatable bonds is 9. The molecule has 0 radical (unpaired) electrons. The molecule has 3 N–H and O–H groups in total. The molecule has 0 spiro atoms. The largest absolute Gasteiger partial charge is 0.386 e. The Hall–Kier alpha value is -1.67. The van der Waals surface area contributed by atoms with E-state index in [4.69, 9.17) is 4.74 Å². The van der Waals surface area contributed by atoms with Crippen LogP contribution in [0.1, 0.15) is 30.7 Å². The number of nitrogens with one attached hydrogen (secondary N) is 2. The molecule has 0 amide bonds. The van der Waals surface area contributed by atoms with E-state index in [2.05, 4.69) is 45.6 Å². The monoisotopic (exact) mass is 404 g/mol. The van der Waals surface area contributed by atoms with E-state index >= 15 is 0 Å². The van der Waals surface area contributed by atoms with E-state index < -0.39 is 6.10 Å². The van der Waals surface area contributed by atoms with Gasteiger partial charge in [0.2, 0.25) is 0 Å². The standard InChI is InChI=1S/C21H32N4O2S/c1-2-22-21(23-9-5-6-10-25-11-13-27-14-12-25)24-16-18(26)20-15-17-7-3-4-8-19(17)28-20/h3-4,7-8,15,18,26H,2,5-6,9-14,16H2,1H3,(H2,22,23,24). The SMILES string of the molecule is CCNC(=NCC(O)c1cc2ccccc2s1)NCCCCN1CCOCC1. The fourth-order valence-electron chi connectivity index (χ4n) is 3.27. The normalized spacial score (nSPS) is 17.0. The number of thiophene rings is 1. The van der Waals surface area contributed by atoms with E-state index in [0.29, 0.717) is 6.54 Å². The Morgan fingerprint density at radius 1 is 1.25 bits per heavy atom. The van der Waals surface area contributed by atoms with Gasteiger partial charge in [-0.15, -0.1) is 11.3 Å². The first-order valence-electron chi connectivity index (χ1n) is 10.2. The van der Waals surface area contributed by atoms with Crippen LogP contribution in [-0.4, -0.2) is 68.4 Å². The lowest BCUT2D eigenvalue weighted by Gasteiger charge is -2.26. The predicted molar refractivity (Wildman–Crippen MR) is 117 cm³/mol. The first-order valence-corrected chi connectivity index (χ1v) is 11.1. The van der Waals surface area contributed by atoms with Crippen LogP contribution in [0, 0.1) is 0 Å². The van der Waals surface area contributed by atoms with Crippen molar-refractivity contribution in [1.82, 2.24) is 15.5 Å². The number of fused-ring (bicyclic) bond motifs is 1. The summed E-state index contributed by atoms with van der Waals surface area (Å²) in [4.78, 5) is 8.00. The van der Waals surface area contributed by atoms with Crippen molar-refractivity contribution in [2.75, 3.05) is 52.5 Å². The minimum atomic E-state index is -0.575. The molecule has 2 heterocycles. The molecule has 1 fully saturated rings. The first-order chi connectivity index (χ1) is 13.8. The van der Waals surface area contributed by atoms with Crippen molar-refractivity contribution in [3.63, 3.8) is 0 Å². The third-order valence-electron chi connectivity index (χ3n) is 4.84. The van der Waals surface area contributed by atoms with Gasteiger partial charge in [-0.1, -0.05) is 18.2 Å². The second kappa shape index (κ2) is 11.4. The fourth-order valence-corrected chi connectivity index (χ4v) is 4.31. The van der Waals surface area contributed by atoms with E-state index in [-0.39, 0.29) is 0 Å². The number of benzene rings is 1. The average Bonchev–Trinajstić information content (AvgIpc) is 3.16. The van der Waals surface area contributed by atoms with Crippen molar-refractivity contribution < 1.29 is 9.84 Å². The minimum Gasteiger partial charge on any atom is -0.386 e.